The molecule has 80 heavy (non-hydrogen) atoms. The van der Waals surface area contributed by atoms with E-state index in [-0.39, 0.29) is 50.3 Å². The Bertz CT molecular complexity index is 2500. The minimum Gasteiger partial charge on any atom is -0.508 e. The van der Waals surface area contributed by atoms with Crippen LogP contribution in [0.25, 0.3) is 0 Å². The van der Waals surface area contributed by atoms with Gasteiger partial charge in [-0.05, 0) is 79.7 Å². The summed E-state index contributed by atoms with van der Waals surface area (Å²) in [4.78, 5) is 169. The number of unbranched alkanes of at least 4 members (excludes halogenated alkanes) is 1. The van der Waals surface area contributed by atoms with Crippen LogP contribution in [0, 0.1) is 17.8 Å². The summed E-state index contributed by atoms with van der Waals surface area (Å²) in [5.41, 5.74) is 6.11. The van der Waals surface area contributed by atoms with Crippen molar-refractivity contribution in [3.05, 3.63) is 65.7 Å². The van der Waals surface area contributed by atoms with Crippen LogP contribution >= 0.6 is 11.8 Å². The monoisotopic (exact) mass is 1140 g/mol. The lowest BCUT2D eigenvalue weighted by Crippen LogP contribution is -2.60. The van der Waals surface area contributed by atoms with Crippen LogP contribution in [0.15, 0.2) is 54.6 Å². The summed E-state index contributed by atoms with van der Waals surface area (Å²) >= 11 is 0.473. The number of amides is 10. The molecule has 2 aromatic rings. The first kappa shape index (κ1) is 68.0. The van der Waals surface area contributed by atoms with Crippen LogP contribution in [0.1, 0.15) is 109 Å². The standard InChI is InChI=1S/C53H76N10O16S/c1-28(2)23-37(61-52(77)45(30(5)6)63-42(68)26-56-47(72)33-13-9-8-10-14-33)51(76)58-35(15-11-12-22-55-40(66)25-39(53(78)79)80-31(7)64)49(74)59-36(20-21-43(69)70)50(75)60-38(24-32-16-18-34(65)19-17-32)48(73)57-27-41(67)62-44(29(3)4)46(54)71/h8-10,13-14,16-19,28-30,35-39,44-45,65H,11-12,15,20-27H2,1-7H3,(H2,54,71)(H,55,66)(H,56,72)(H,57,73)(H,58,76)(H,59,74)(H,60,75)(H,61,77)(H,62,67)(H,63,68)(H,69,70)(H,78,79)/t35-,36-,37-,38-,39?,44-,45-/m0/s1. The van der Waals surface area contributed by atoms with E-state index in [0.717, 1.165) is 6.92 Å². The molecule has 0 heterocycles. The Hall–Kier alpha value is -8.10. The zero-order valence-corrected chi connectivity index (χ0v) is 46.7. The normalized spacial score (nSPS) is 13.6. The number of phenols is 1. The van der Waals surface area contributed by atoms with E-state index in [0.29, 0.717) is 22.9 Å². The molecule has 0 fully saturated rings. The van der Waals surface area contributed by atoms with Gasteiger partial charge in [0, 0.05) is 38.3 Å². The number of aliphatic carboxylic acids is 2. The summed E-state index contributed by atoms with van der Waals surface area (Å²) in [6, 6.07) is 5.22. The lowest BCUT2D eigenvalue weighted by Gasteiger charge is -2.28. The number of carboxylic acids is 2. The third-order valence-corrected chi connectivity index (χ3v) is 12.9. The summed E-state index contributed by atoms with van der Waals surface area (Å²) in [6.45, 7) is 9.98. The van der Waals surface area contributed by atoms with Crippen LogP contribution in [0.5, 0.6) is 5.75 Å². The van der Waals surface area contributed by atoms with Gasteiger partial charge in [-0.2, -0.15) is 0 Å². The number of carboxylic acid groups (broad SMARTS) is 2. The predicted octanol–water partition coefficient (Wildman–Crippen LogP) is -0.493. The largest absolute Gasteiger partial charge is 0.508 e. The topological polar surface area (TPSA) is 417 Å². The number of thioether (sulfide) groups is 1. The predicted molar refractivity (Wildman–Crippen MR) is 292 cm³/mol. The van der Waals surface area contributed by atoms with Crippen molar-refractivity contribution in [3.63, 3.8) is 0 Å². The van der Waals surface area contributed by atoms with Crippen LogP contribution in [-0.2, 0) is 64.0 Å². The van der Waals surface area contributed by atoms with E-state index in [1.807, 2.05) is 0 Å². The van der Waals surface area contributed by atoms with E-state index in [9.17, 15) is 77.6 Å². The maximum atomic E-state index is 14.4. The van der Waals surface area contributed by atoms with E-state index in [2.05, 4.69) is 47.9 Å². The van der Waals surface area contributed by atoms with Gasteiger partial charge in [-0.1, -0.05) is 83.6 Å². The Kier molecular flexibility index (Phi) is 29.5. The number of hydrogen-bond donors (Lipinski definition) is 13. The van der Waals surface area contributed by atoms with Crippen molar-refractivity contribution in [1.82, 2.24) is 47.9 Å². The number of rotatable bonds is 35. The Balaban J connectivity index is 2.47. The van der Waals surface area contributed by atoms with Gasteiger partial charge in [-0.25, -0.2) is 0 Å². The Morgan fingerprint density at radius 2 is 1.09 bits per heavy atom. The van der Waals surface area contributed by atoms with Crippen molar-refractivity contribution >= 4 is 87.9 Å². The molecule has 0 saturated carbocycles. The van der Waals surface area contributed by atoms with Crippen LogP contribution in [0.4, 0.5) is 0 Å². The van der Waals surface area contributed by atoms with E-state index >= 15 is 0 Å². The third kappa shape index (κ3) is 26.0. The fourth-order valence-electron chi connectivity index (χ4n) is 7.68. The van der Waals surface area contributed by atoms with Crippen molar-refractivity contribution in [2.75, 3.05) is 19.6 Å². The lowest BCUT2D eigenvalue weighted by molar-refractivity contribution is -0.139. The molecule has 14 N–H and O–H groups in total. The second-order valence-corrected chi connectivity index (χ2v) is 21.3. The maximum Gasteiger partial charge on any atom is 0.317 e. The molecule has 27 heteroatoms. The van der Waals surface area contributed by atoms with Gasteiger partial charge in [0.25, 0.3) is 5.91 Å². The van der Waals surface area contributed by atoms with Gasteiger partial charge in [0.15, 0.2) is 5.12 Å². The minimum atomic E-state index is -1.70. The van der Waals surface area contributed by atoms with Crippen molar-refractivity contribution in [2.45, 2.75) is 141 Å². The molecule has 1 unspecified atom stereocenters. The Labute approximate surface area is 467 Å². The highest BCUT2D eigenvalue weighted by atomic mass is 32.2. The van der Waals surface area contributed by atoms with Crippen molar-refractivity contribution in [3.8, 4) is 5.75 Å². The molecule has 0 aromatic heterocycles. The number of carbonyl (C=O) groups is 13. The molecule has 7 atom stereocenters. The molecule has 26 nitrogen and oxygen atoms in total. The third-order valence-electron chi connectivity index (χ3n) is 11.9. The minimum absolute atomic E-state index is 0.00231. The smallest absolute Gasteiger partial charge is 0.317 e. The fourth-order valence-corrected chi connectivity index (χ4v) is 8.41. The molecule has 0 saturated heterocycles. The van der Waals surface area contributed by atoms with E-state index in [4.69, 9.17) is 5.73 Å². The molecule has 0 bridgehead atoms. The molecule has 0 radical (unpaired) electrons. The number of benzene rings is 2. The molecule has 0 aliphatic carbocycles. The second kappa shape index (κ2) is 34.7. The van der Waals surface area contributed by atoms with E-state index in [1.165, 1.54) is 24.3 Å². The average Bonchev–Trinajstić information content (AvgIpc) is 3.38. The number of carbonyl (C=O) groups excluding carboxylic acids is 11. The number of primary amides is 1. The van der Waals surface area contributed by atoms with Crippen LogP contribution in [0.2, 0.25) is 0 Å². The maximum absolute atomic E-state index is 14.4. The summed E-state index contributed by atoms with van der Waals surface area (Å²) in [6.07, 6.45) is -2.04. The number of hydrogen-bond acceptors (Lipinski definition) is 15. The first-order valence-corrected chi connectivity index (χ1v) is 26.8. The molecule has 0 aliphatic rings. The molecule has 2 rings (SSSR count). The SMILES string of the molecule is CC(=O)SC(CC(=O)NCCCC[C@H](NC(=O)[C@H](CC(C)C)NC(=O)[C@@H](NC(=O)CNC(=O)c1ccccc1)C(C)C)C(=O)N[C@@H](CCC(=O)O)C(=O)N[C@@H](Cc1ccc(O)cc1)C(=O)NCC(=O)N[C@H](C(N)=O)C(C)C)C(=O)O. The van der Waals surface area contributed by atoms with Crippen molar-refractivity contribution in [2.24, 2.45) is 23.5 Å². The molecule has 0 spiro atoms. The van der Waals surface area contributed by atoms with E-state index in [1.54, 1.807) is 71.9 Å². The number of aromatic hydroxyl groups is 1. The van der Waals surface area contributed by atoms with Gasteiger partial charge < -0.3 is 68.9 Å². The van der Waals surface area contributed by atoms with Crippen LogP contribution in [0.3, 0.4) is 0 Å². The quantitative estimate of drug-likeness (QED) is 0.0387. The first-order valence-electron chi connectivity index (χ1n) is 25.9. The number of nitrogens with one attached hydrogen (secondary N) is 9. The van der Waals surface area contributed by atoms with Crippen LogP contribution in [-0.4, -0.2) is 153 Å². The average molecular weight is 1140 g/mol. The van der Waals surface area contributed by atoms with Gasteiger partial charge in [-0.3, -0.25) is 62.3 Å². The van der Waals surface area contributed by atoms with Crippen molar-refractivity contribution in [1.29, 1.82) is 0 Å². The van der Waals surface area contributed by atoms with E-state index < -0.39 is 162 Å². The van der Waals surface area contributed by atoms with Gasteiger partial charge in [0.05, 0.1) is 13.1 Å². The molecular formula is C53H76N10O16S. The first-order chi connectivity index (χ1) is 37.6. The van der Waals surface area contributed by atoms with Gasteiger partial charge >= 0.3 is 11.9 Å². The fraction of sp³-hybridized carbons (Fsp3) is 0.528. The highest BCUT2D eigenvalue weighted by molar-refractivity contribution is 8.14. The van der Waals surface area contributed by atoms with Crippen LogP contribution < -0.4 is 53.6 Å². The molecule has 2 aromatic carbocycles. The summed E-state index contributed by atoms with van der Waals surface area (Å²) in [7, 11) is 0. The van der Waals surface area contributed by atoms with Gasteiger partial charge in [-0.15, -0.1) is 0 Å². The molecule has 10 amide bonds. The van der Waals surface area contributed by atoms with Gasteiger partial charge in [0.2, 0.25) is 53.2 Å². The number of nitrogens with two attached hydrogens (primary N) is 1. The number of phenolic OH excluding ortho intramolecular Hbond substituents is 1. The van der Waals surface area contributed by atoms with Gasteiger partial charge in [0.1, 0.15) is 47.3 Å². The molecular weight excluding hydrogens is 1060 g/mol. The zero-order chi connectivity index (χ0) is 60.2. The Morgan fingerprint density at radius 3 is 1.61 bits per heavy atom. The lowest BCUT2D eigenvalue weighted by atomic mass is 9.99. The summed E-state index contributed by atoms with van der Waals surface area (Å²) < 4.78 is 0. The highest BCUT2D eigenvalue weighted by Gasteiger charge is 2.34. The van der Waals surface area contributed by atoms with Crippen molar-refractivity contribution < 1.29 is 77.6 Å². The second-order valence-electron chi connectivity index (χ2n) is 19.9. The molecule has 0 aliphatic heterocycles. The molecule has 440 valence electrons. The summed E-state index contributed by atoms with van der Waals surface area (Å²) in [5.74, 6) is -12.3. The Morgan fingerprint density at radius 1 is 0.562 bits per heavy atom. The highest BCUT2D eigenvalue weighted by Crippen LogP contribution is 2.17. The zero-order valence-electron chi connectivity index (χ0n) is 45.9. The summed E-state index contributed by atoms with van der Waals surface area (Å²) in [5, 5.41) is 49.8.